The highest BCUT2D eigenvalue weighted by molar-refractivity contribution is 5.28. The fourth-order valence-electron chi connectivity index (χ4n) is 1.85. The molecule has 0 saturated carbocycles. The summed E-state index contributed by atoms with van der Waals surface area (Å²) in [6.07, 6.45) is 3.56. The van der Waals surface area contributed by atoms with Gasteiger partial charge in [0.1, 0.15) is 6.10 Å². The summed E-state index contributed by atoms with van der Waals surface area (Å²) in [5, 5.41) is 0. The first-order chi connectivity index (χ1) is 8.56. The van der Waals surface area contributed by atoms with Crippen molar-refractivity contribution >= 4 is 0 Å². The second-order valence-electron chi connectivity index (χ2n) is 5.30. The molecular weight excluding hydrogens is 222 g/mol. The number of aromatic nitrogens is 1. The summed E-state index contributed by atoms with van der Waals surface area (Å²) in [5.74, 6) is 0. The summed E-state index contributed by atoms with van der Waals surface area (Å²) < 4.78 is 6.18. The minimum absolute atomic E-state index is 0.0470. The van der Waals surface area contributed by atoms with E-state index >= 15 is 0 Å². The smallest absolute Gasteiger partial charge is 0.108 e. The van der Waals surface area contributed by atoms with Gasteiger partial charge >= 0.3 is 0 Å². The van der Waals surface area contributed by atoms with Crippen molar-refractivity contribution in [1.29, 1.82) is 0 Å². The maximum Gasteiger partial charge on any atom is 0.108 e. The lowest BCUT2D eigenvalue weighted by Gasteiger charge is -2.28. The highest BCUT2D eigenvalue weighted by Gasteiger charge is 2.21. The molecule has 2 rings (SSSR count). The molecule has 1 atom stereocenters. The lowest BCUT2D eigenvalue weighted by Crippen LogP contribution is -2.23. The predicted octanol–water partition coefficient (Wildman–Crippen LogP) is 3.99. The van der Waals surface area contributed by atoms with Crippen LogP contribution in [0.15, 0.2) is 54.9 Å². The molecule has 1 aromatic carbocycles. The van der Waals surface area contributed by atoms with Crippen LogP contribution in [-0.4, -0.2) is 10.6 Å². The summed E-state index contributed by atoms with van der Waals surface area (Å²) in [4.78, 5) is 4.06. The van der Waals surface area contributed by atoms with Crippen LogP contribution >= 0.6 is 0 Å². The van der Waals surface area contributed by atoms with Gasteiger partial charge in [0.25, 0.3) is 0 Å². The molecule has 2 aromatic rings. The van der Waals surface area contributed by atoms with Crippen molar-refractivity contribution in [3.63, 3.8) is 0 Å². The lowest BCUT2D eigenvalue weighted by molar-refractivity contribution is -0.0429. The third kappa shape index (κ3) is 3.41. The molecule has 0 amide bonds. The van der Waals surface area contributed by atoms with Gasteiger partial charge in [-0.25, -0.2) is 0 Å². The molecule has 1 unspecified atom stereocenters. The van der Waals surface area contributed by atoms with E-state index in [9.17, 15) is 0 Å². The molecule has 0 aliphatic carbocycles. The van der Waals surface area contributed by atoms with E-state index in [1.807, 2.05) is 30.3 Å². The van der Waals surface area contributed by atoms with Gasteiger partial charge in [-0.05, 0) is 44.0 Å². The molecule has 0 spiro atoms. The first-order valence-electron chi connectivity index (χ1n) is 6.19. The lowest BCUT2D eigenvalue weighted by atomic mass is 10.0. The Balaban J connectivity index is 2.36. The molecule has 0 aliphatic heterocycles. The largest absolute Gasteiger partial charge is 0.363 e. The van der Waals surface area contributed by atoms with E-state index in [1.165, 1.54) is 5.56 Å². The molecule has 0 bridgehead atoms. The third-order valence-electron chi connectivity index (χ3n) is 2.58. The Hall–Kier alpha value is -1.67. The fourth-order valence-corrected chi connectivity index (χ4v) is 1.85. The molecule has 2 nitrogen and oxygen atoms in total. The molecule has 1 aromatic heterocycles. The number of pyridine rings is 1. The molecule has 0 fully saturated rings. The second kappa shape index (κ2) is 5.32. The minimum Gasteiger partial charge on any atom is -0.363 e. The SMILES string of the molecule is CC(C)(C)OC(c1ccccc1)c1ccncc1. The Morgan fingerprint density at radius 2 is 1.44 bits per heavy atom. The molecular formula is C16H19NO. The Kier molecular flexibility index (Phi) is 3.78. The molecule has 0 radical (unpaired) electrons. The summed E-state index contributed by atoms with van der Waals surface area (Å²) >= 11 is 0. The van der Waals surface area contributed by atoms with Gasteiger partial charge in [0.05, 0.1) is 5.60 Å². The van der Waals surface area contributed by atoms with E-state index in [4.69, 9.17) is 4.74 Å². The molecule has 2 heteroatoms. The third-order valence-corrected chi connectivity index (χ3v) is 2.58. The van der Waals surface area contributed by atoms with E-state index in [0.29, 0.717) is 0 Å². The monoisotopic (exact) mass is 241 g/mol. The van der Waals surface area contributed by atoms with Crippen LogP contribution in [0.25, 0.3) is 0 Å². The zero-order chi connectivity index (χ0) is 13.0. The van der Waals surface area contributed by atoms with Crippen molar-refractivity contribution in [2.24, 2.45) is 0 Å². The van der Waals surface area contributed by atoms with Gasteiger partial charge in [-0.1, -0.05) is 30.3 Å². The van der Waals surface area contributed by atoms with Gasteiger partial charge < -0.3 is 4.74 Å². The normalized spacial score (nSPS) is 13.3. The molecule has 1 heterocycles. The average molecular weight is 241 g/mol. The van der Waals surface area contributed by atoms with Crippen molar-refractivity contribution in [3.8, 4) is 0 Å². The highest BCUT2D eigenvalue weighted by Crippen LogP contribution is 2.29. The summed E-state index contributed by atoms with van der Waals surface area (Å²) in [6, 6.07) is 14.3. The highest BCUT2D eigenvalue weighted by atomic mass is 16.5. The number of nitrogens with zero attached hydrogens (tertiary/aromatic N) is 1. The predicted molar refractivity (Wildman–Crippen MR) is 73.4 cm³/mol. The van der Waals surface area contributed by atoms with Crippen molar-refractivity contribution in [2.75, 3.05) is 0 Å². The standard InChI is InChI=1S/C16H19NO/c1-16(2,3)18-15(13-7-5-4-6-8-13)14-9-11-17-12-10-14/h4-12,15H,1-3H3. The van der Waals surface area contributed by atoms with E-state index in [-0.39, 0.29) is 11.7 Å². The average Bonchev–Trinajstić information content (AvgIpc) is 2.37. The Labute approximate surface area is 109 Å². The van der Waals surface area contributed by atoms with Gasteiger partial charge in [-0.15, -0.1) is 0 Å². The van der Waals surface area contributed by atoms with E-state index in [0.717, 1.165) is 5.56 Å². The number of benzene rings is 1. The maximum absolute atomic E-state index is 6.18. The minimum atomic E-state index is -0.191. The van der Waals surface area contributed by atoms with Gasteiger partial charge in [-0.2, -0.15) is 0 Å². The van der Waals surface area contributed by atoms with Crippen LogP contribution < -0.4 is 0 Å². The summed E-state index contributed by atoms with van der Waals surface area (Å²) in [6.45, 7) is 6.22. The first-order valence-corrected chi connectivity index (χ1v) is 6.19. The fraction of sp³-hybridized carbons (Fsp3) is 0.312. The van der Waals surface area contributed by atoms with Crippen LogP contribution in [0, 0.1) is 0 Å². The van der Waals surface area contributed by atoms with Crippen molar-refractivity contribution in [1.82, 2.24) is 4.98 Å². The number of hydrogen-bond acceptors (Lipinski definition) is 2. The topological polar surface area (TPSA) is 22.1 Å². The molecule has 94 valence electrons. The van der Waals surface area contributed by atoms with Gasteiger partial charge in [0.2, 0.25) is 0 Å². The molecule has 0 N–H and O–H groups in total. The Morgan fingerprint density at radius 1 is 0.889 bits per heavy atom. The van der Waals surface area contributed by atoms with Crippen LogP contribution in [0.5, 0.6) is 0 Å². The van der Waals surface area contributed by atoms with Crippen molar-refractivity contribution in [3.05, 3.63) is 66.0 Å². The first kappa shape index (κ1) is 12.8. The number of hydrogen-bond donors (Lipinski definition) is 0. The quantitative estimate of drug-likeness (QED) is 0.810. The van der Waals surface area contributed by atoms with Gasteiger partial charge in [0, 0.05) is 12.4 Å². The summed E-state index contributed by atoms with van der Waals surface area (Å²) in [5.41, 5.74) is 2.11. The Morgan fingerprint density at radius 3 is 2.00 bits per heavy atom. The maximum atomic E-state index is 6.18. The van der Waals surface area contributed by atoms with E-state index in [2.05, 4.69) is 37.9 Å². The van der Waals surface area contributed by atoms with Crippen molar-refractivity contribution < 1.29 is 4.74 Å². The zero-order valence-electron chi connectivity index (χ0n) is 11.1. The molecule has 0 saturated heterocycles. The van der Waals surface area contributed by atoms with Crippen LogP contribution in [0.4, 0.5) is 0 Å². The van der Waals surface area contributed by atoms with E-state index < -0.39 is 0 Å². The van der Waals surface area contributed by atoms with Gasteiger partial charge in [0.15, 0.2) is 0 Å². The van der Waals surface area contributed by atoms with Crippen LogP contribution in [0.2, 0.25) is 0 Å². The second-order valence-corrected chi connectivity index (χ2v) is 5.30. The van der Waals surface area contributed by atoms with E-state index in [1.54, 1.807) is 12.4 Å². The Bertz CT molecular complexity index is 434. The number of rotatable bonds is 3. The van der Waals surface area contributed by atoms with Crippen LogP contribution in [0.3, 0.4) is 0 Å². The molecule has 0 aliphatic rings. The van der Waals surface area contributed by atoms with Crippen LogP contribution in [-0.2, 0) is 4.74 Å². The van der Waals surface area contributed by atoms with Gasteiger partial charge in [-0.3, -0.25) is 4.98 Å². The molecule has 18 heavy (non-hydrogen) atoms. The summed E-state index contributed by atoms with van der Waals surface area (Å²) in [7, 11) is 0. The van der Waals surface area contributed by atoms with Crippen LogP contribution in [0.1, 0.15) is 38.0 Å². The zero-order valence-corrected chi connectivity index (χ0v) is 11.1. The number of ether oxygens (including phenoxy) is 1. The van der Waals surface area contributed by atoms with Crippen molar-refractivity contribution in [2.45, 2.75) is 32.5 Å².